The lowest BCUT2D eigenvalue weighted by molar-refractivity contribution is -0.137. The molecule has 6 nitrogen and oxygen atoms in total. The molecule has 2 N–H and O–H groups in total. The van der Waals surface area contributed by atoms with Gasteiger partial charge in [0, 0.05) is 19.0 Å². The Kier molecular flexibility index (Phi) is 6.77. The molecule has 1 aliphatic rings. The lowest BCUT2D eigenvalue weighted by Crippen LogP contribution is -2.37. The van der Waals surface area contributed by atoms with Gasteiger partial charge < -0.3 is 10.0 Å². The summed E-state index contributed by atoms with van der Waals surface area (Å²) in [5, 5.41) is 8.60. The van der Waals surface area contributed by atoms with E-state index < -0.39 is 16.0 Å². The van der Waals surface area contributed by atoms with Crippen LogP contribution in [0.3, 0.4) is 0 Å². The van der Waals surface area contributed by atoms with E-state index in [4.69, 9.17) is 5.11 Å². The molecule has 0 aliphatic carbocycles. The molecule has 1 atom stereocenters. The maximum Gasteiger partial charge on any atom is 0.303 e. The predicted molar refractivity (Wildman–Crippen MR) is 92.4 cm³/mol. The lowest BCUT2D eigenvalue weighted by atomic mass is 10.2. The first kappa shape index (κ1) is 18.9. The van der Waals surface area contributed by atoms with Crippen LogP contribution in [-0.2, 0) is 14.8 Å². The Morgan fingerprint density at radius 1 is 1.25 bits per heavy atom. The highest BCUT2D eigenvalue weighted by Gasteiger charge is 2.26. The van der Waals surface area contributed by atoms with E-state index in [0.717, 1.165) is 37.9 Å². The number of nitrogens with zero attached hydrogens (tertiary/aromatic N) is 1. The van der Waals surface area contributed by atoms with Crippen LogP contribution in [0.4, 0.5) is 0 Å². The number of sulfonamides is 1. The second-order valence-corrected chi connectivity index (χ2v) is 8.14. The van der Waals surface area contributed by atoms with Crippen LogP contribution in [0.1, 0.15) is 37.7 Å². The normalized spacial score (nSPS) is 18.8. The fraction of sp³-hybridized carbons (Fsp3) is 0.588. The molecule has 7 heteroatoms. The van der Waals surface area contributed by atoms with Gasteiger partial charge in [0.05, 0.1) is 4.90 Å². The van der Waals surface area contributed by atoms with Crippen LogP contribution < -0.4 is 4.72 Å². The third-order valence-electron chi connectivity index (χ3n) is 4.29. The Balaban J connectivity index is 1.75. The van der Waals surface area contributed by atoms with Gasteiger partial charge in [-0.2, -0.15) is 0 Å². The van der Waals surface area contributed by atoms with Gasteiger partial charge in [0.1, 0.15) is 0 Å². The number of hydrogen-bond acceptors (Lipinski definition) is 4. The van der Waals surface area contributed by atoms with Crippen molar-refractivity contribution in [3.63, 3.8) is 0 Å². The standard InChI is InChI=1S/C17H26N2O4S/c1-14-6-8-16(9-7-14)24(22,23)18-15-10-12-19(13-15)11-4-2-3-5-17(20)21/h6-9,15,18H,2-5,10-13H2,1H3,(H,20,21). The highest BCUT2D eigenvalue weighted by molar-refractivity contribution is 7.89. The van der Waals surface area contributed by atoms with Gasteiger partial charge in [0.25, 0.3) is 0 Å². The molecule has 1 saturated heterocycles. The zero-order valence-corrected chi connectivity index (χ0v) is 14.9. The molecule has 134 valence electrons. The second-order valence-electron chi connectivity index (χ2n) is 6.42. The van der Waals surface area contributed by atoms with Crippen molar-refractivity contribution < 1.29 is 18.3 Å². The summed E-state index contributed by atoms with van der Waals surface area (Å²) in [5.41, 5.74) is 1.03. The van der Waals surface area contributed by atoms with E-state index in [0.29, 0.717) is 17.9 Å². The molecule has 0 aromatic heterocycles. The monoisotopic (exact) mass is 354 g/mol. The number of aliphatic carboxylic acids is 1. The number of aryl methyl sites for hydroxylation is 1. The van der Waals surface area contributed by atoms with Crippen molar-refractivity contribution in [3.05, 3.63) is 29.8 Å². The summed E-state index contributed by atoms with van der Waals surface area (Å²) >= 11 is 0. The van der Waals surface area contributed by atoms with E-state index in [2.05, 4.69) is 9.62 Å². The predicted octanol–water partition coefficient (Wildman–Crippen LogP) is 1.99. The van der Waals surface area contributed by atoms with Gasteiger partial charge in [-0.3, -0.25) is 4.79 Å². The Bertz CT molecular complexity index is 643. The van der Waals surface area contributed by atoms with Crippen LogP contribution >= 0.6 is 0 Å². The van der Waals surface area contributed by atoms with E-state index in [1.807, 2.05) is 6.92 Å². The third-order valence-corrected chi connectivity index (χ3v) is 5.83. The molecule has 2 rings (SSSR count). The maximum absolute atomic E-state index is 12.4. The van der Waals surface area contributed by atoms with Crippen molar-refractivity contribution in [2.24, 2.45) is 0 Å². The third kappa shape index (κ3) is 5.89. The number of nitrogens with one attached hydrogen (secondary N) is 1. The number of rotatable bonds is 9. The van der Waals surface area contributed by atoms with Crippen molar-refractivity contribution in [2.75, 3.05) is 19.6 Å². The summed E-state index contributed by atoms with van der Waals surface area (Å²) in [7, 11) is -3.46. The number of benzene rings is 1. The molecule has 0 amide bonds. The van der Waals surface area contributed by atoms with Crippen LogP contribution in [0.25, 0.3) is 0 Å². The number of likely N-dealkylation sites (tertiary alicyclic amines) is 1. The van der Waals surface area contributed by atoms with Gasteiger partial charge in [0.15, 0.2) is 0 Å². The number of carboxylic acid groups (broad SMARTS) is 1. The smallest absolute Gasteiger partial charge is 0.303 e. The minimum Gasteiger partial charge on any atom is -0.481 e. The minimum atomic E-state index is -3.46. The molecule has 1 heterocycles. The average Bonchev–Trinajstić information content (AvgIpc) is 2.93. The molecule has 1 fully saturated rings. The number of carboxylic acids is 1. The van der Waals surface area contributed by atoms with Gasteiger partial charge in [-0.1, -0.05) is 24.1 Å². The minimum absolute atomic E-state index is 0.0599. The molecular weight excluding hydrogens is 328 g/mol. The molecule has 0 saturated carbocycles. The Morgan fingerprint density at radius 3 is 2.62 bits per heavy atom. The maximum atomic E-state index is 12.4. The fourth-order valence-corrected chi connectivity index (χ4v) is 4.19. The van der Waals surface area contributed by atoms with Crippen LogP contribution in [0.5, 0.6) is 0 Å². The van der Waals surface area contributed by atoms with E-state index in [9.17, 15) is 13.2 Å². The zero-order valence-electron chi connectivity index (χ0n) is 14.1. The Labute approximate surface area is 143 Å². The Hall–Kier alpha value is -1.44. The first-order chi connectivity index (χ1) is 11.4. The van der Waals surface area contributed by atoms with Gasteiger partial charge in [-0.25, -0.2) is 13.1 Å². The largest absolute Gasteiger partial charge is 0.481 e. The molecule has 0 radical (unpaired) electrons. The van der Waals surface area contributed by atoms with Crippen molar-refractivity contribution in [3.8, 4) is 0 Å². The highest BCUT2D eigenvalue weighted by atomic mass is 32.2. The molecule has 24 heavy (non-hydrogen) atoms. The Morgan fingerprint density at radius 2 is 1.96 bits per heavy atom. The molecule has 0 spiro atoms. The van der Waals surface area contributed by atoms with Crippen LogP contribution in [0.15, 0.2) is 29.2 Å². The van der Waals surface area contributed by atoms with Gasteiger partial charge in [-0.15, -0.1) is 0 Å². The topological polar surface area (TPSA) is 86.7 Å². The summed E-state index contributed by atoms with van der Waals surface area (Å²) in [5.74, 6) is -0.748. The van der Waals surface area contributed by atoms with Gasteiger partial charge >= 0.3 is 5.97 Å². The summed E-state index contributed by atoms with van der Waals surface area (Å²) in [6, 6.07) is 6.80. The molecule has 1 unspecified atom stereocenters. The van der Waals surface area contributed by atoms with Gasteiger partial charge in [0.2, 0.25) is 10.0 Å². The van der Waals surface area contributed by atoms with E-state index >= 15 is 0 Å². The van der Waals surface area contributed by atoms with Crippen molar-refractivity contribution >= 4 is 16.0 Å². The second kappa shape index (κ2) is 8.60. The molecule has 1 aromatic rings. The quantitative estimate of drug-likeness (QED) is 0.662. The first-order valence-corrected chi connectivity index (χ1v) is 9.88. The molecule has 1 aliphatic heterocycles. The fourth-order valence-electron chi connectivity index (χ4n) is 2.93. The number of unbranched alkanes of at least 4 members (excludes halogenated alkanes) is 2. The number of hydrogen-bond donors (Lipinski definition) is 2. The molecule has 0 bridgehead atoms. The van der Waals surface area contributed by atoms with Crippen LogP contribution in [0.2, 0.25) is 0 Å². The van der Waals surface area contributed by atoms with Crippen LogP contribution in [0, 0.1) is 6.92 Å². The van der Waals surface area contributed by atoms with E-state index in [1.165, 1.54) is 0 Å². The van der Waals surface area contributed by atoms with Crippen LogP contribution in [-0.4, -0.2) is 50.1 Å². The van der Waals surface area contributed by atoms with Crippen molar-refractivity contribution in [1.82, 2.24) is 9.62 Å². The van der Waals surface area contributed by atoms with E-state index in [-0.39, 0.29) is 12.5 Å². The van der Waals surface area contributed by atoms with Crippen molar-refractivity contribution in [1.29, 1.82) is 0 Å². The first-order valence-electron chi connectivity index (χ1n) is 8.40. The van der Waals surface area contributed by atoms with Gasteiger partial charge in [-0.05, 0) is 51.4 Å². The zero-order chi connectivity index (χ0) is 17.6. The van der Waals surface area contributed by atoms with E-state index in [1.54, 1.807) is 24.3 Å². The summed E-state index contributed by atoms with van der Waals surface area (Å²) < 4.78 is 27.6. The number of carbonyl (C=O) groups is 1. The van der Waals surface area contributed by atoms with Crippen molar-refractivity contribution in [2.45, 2.75) is 50.0 Å². The molecular formula is C17H26N2O4S. The molecule has 1 aromatic carbocycles. The lowest BCUT2D eigenvalue weighted by Gasteiger charge is -2.16. The summed E-state index contributed by atoms with van der Waals surface area (Å²) in [6.45, 7) is 4.40. The summed E-state index contributed by atoms with van der Waals surface area (Å²) in [4.78, 5) is 13.0. The highest BCUT2D eigenvalue weighted by Crippen LogP contribution is 2.15. The SMILES string of the molecule is Cc1ccc(S(=O)(=O)NC2CCN(CCCCCC(=O)O)C2)cc1. The summed E-state index contributed by atoms with van der Waals surface area (Å²) in [6.07, 6.45) is 3.57. The average molecular weight is 354 g/mol.